The Morgan fingerprint density at radius 1 is 1.05 bits per heavy atom. The monoisotopic (exact) mass is 640 g/mol. The molecule has 9 nitrogen and oxygen atoms in total. The fraction of sp³-hybridized carbons (Fsp3) is 0.688. The van der Waals surface area contributed by atoms with Gasteiger partial charge in [-0.05, 0) is 77.7 Å². The maximum atomic E-state index is 12.5. The molecule has 0 N–H and O–H groups in total. The molecule has 244 valence electrons. The van der Waals surface area contributed by atoms with Gasteiger partial charge in [0.05, 0.1) is 22.9 Å². The SMILES string of the molecule is Cc1ccc(S(=O)(=O)CCOC(=O)CC[C@@H]2OC(C)(C)O[C@H]2C[C@@H](C)OC(=O)/C=C/C[C@@H](C)O[Si](C)(C)C(C)(C)C)cc1. The molecule has 0 saturated carbocycles. The fourth-order valence-corrected chi connectivity index (χ4v) is 7.06. The number of carbonyl (C=O) groups excluding carboxylic acids is 2. The summed E-state index contributed by atoms with van der Waals surface area (Å²) in [6.07, 6.45) is 3.33. The number of rotatable bonds is 15. The summed E-state index contributed by atoms with van der Waals surface area (Å²) in [4.78, 5) is 25.0. The van der Waals surface area contributed by atoms with E-state index in [1.54, 1.807) is 51.1 Å². The largest absolute Gasteiger partial charge is 0.465 e. The second-order valence-electron chi connectivity index (χ2n) is 13.4. The van der Waals surface area contributed by atoms with Crippen LogP contribution >= 0.6 is 0 Å². The van der Waals surface area contributed by atoms with Crippen LogP contribution in [0.1, 0.15) is 79.7 Å². The van der Waals surface area contributed by atoms with Crippen LogP contribution in [0.3, 0.4) is 0 Å². The Morgan fingerprint density at radius 3 is 2.26 bits per heavy atom. The van der Waals surface area contributed by atoms with Crippen molar-refractivity contribution in [1.29, 1.82) is 0 Å². The van der Waals surface area contributed by atoms with Crippen LogP contribution in [0.15, 0.2) is 41.3 Å². The summed E-state index contributed by atoms with van der Waals surface area (Å²) >= 11 is 0. The molecule has 0 bridgehead atoms. The quantitative estimate of drug-likeness (QED) is 0.124. The van der Waals surface area contributed by atoms with Crippen LogP contribution in [-0.4, -0.2) is 71.2 Å². The summed E-state index contributed by atoms with van der Waals surface area (Å²) in [6.45, 7) is 20.0. The van der Waals surface area contributed by atoms with Gasteiger partial charge in [0.2, 0.25) is 0 Å². The van der Waals surface area contributed by atoms with Gasteiger partial charge in [0.15, 0.2) is 23.9 Å². The average molecular weight is 641 g/mol. The normalized spacial score (nSPS) is 20.6. The fourth-order valence-electron chi connectivity index (χ4n) is 4.51. The minimum atomic E-state index is -3.55. The summed E-state index contributed by atoms with van der Waals surface area (Å²) in [7, 11) is -5.43. The van der Waals surface area contributed by atoms with Crippen molar-refractivity contribution in [2.24, 2.45) is 0 Å². The molecule has 2 rings (SSSR count). The molecule has 1 aromatic rings. The molecule has 1 aliphatic heterocycles. The number of ether oxygens (including phenoxy) is 4. The number of benzene rings is 1. The Labute approximate surface area is 259 Å². The second kappa shape index (κ2) is 15.3. The highest BCUT2D eigenvalue weighted by molar-refractivity contribution is 7.91. The molecule has 0 unspecified atom stereocenters. The lowest BCUT2D eigenvalue weighted by atomic mass is 10.0. The Balaban J connectivity index is 1.79. The number of sulfone groups is 1. The van der Waals surface area contributed by atoms with Crippen molar-refractivity contribution in [3.63, 3.8) is 0 Å². The van der Waals surface area contributed by atoms with Gasteiger partial charge in [-0.25, -0.2) is 13.2 Å². The molecule has 1 saturated heterocycles. The third-order valence-electron chi connectivity index (χ3n) is 7.82. The Morgan fingerprint density at radius 2 is 1.65 bits per heavy atom. The van der Waals surface area contributed by atoms with E-state index in [9.17, 15) is 18.0 Å². The van der Waals surface area contributed by atoms with E-state index in [2.05, 4.69) is 33.9 Å². The highest BCUT2D eigenvalue weighted by atomic mass is 32.2. The predicted octanol–water partition coefficient (Wildman–Crippen LogP) is 6.29. The summed E-state index contributed by atoms with van der Waals surface area (Å²) in [5.74, 6) is -2.10. The van der Waals surface area contributed by atoms with Crippen molar-refractivity contribution < 1.29 is 41.4 Å². The lowest BCUT2D eigenvalue weighted by molar-refractivity contribution is -0.154. The van der Waals surface area contributed by atoms with E-state index < -0.39 is 54.2 Å². The maximum absolute atomic E-state index is 12.5. The van der Waals surface area contributed by atoms with E-state index in [4.69, 9.17) is 23.4 Å². The van der Waals surface area contributed by atoms with Gasteiger partial charge in [0.25, 0.3) is 0 Å². The molecule has 4 atom stereocenters. The first kappa shape index (κ1) is 37.1. The number of hydrogen-bond donors (Lipinski definition) is 0. The van der Waals surface area contributed by atoms with Gasteiger partial charge in [-0.3, -0.25) is 4.79 Å². The van der Waals surface area contributed by atoms with Gasteiger partial charge in [0, 0.05) is 25.0 Å². The summed E-state index contributed by atoms with van der Waals surface area (Å²) in [5, 5.41) is 0.114. The first-order valence-electron chi connectivity index (χ1n) is 15.1. The van der Waals surface area contributed by atoms with Crippen molar-refractivity contribution >= 4 is 30.1 Å². The molecule has 0 radical (unpaired) electrons. The molecule has 1 fully saturated rings. The van der Waals surface area contributed by atoms with Crippen LogP contribution in [-0.2, 0) is 42.8 Å². The molecule has 43 heavy (non-hydrogen) atoms. The first-order valence-corrected chi connectivity index (χ1v) is 19.6. The molecule has 0 spiro atoms. The highest BCUT2D eigenvalue weighted by Gasteiger charge is 2.42. The van der Waals surface area contributed by atoms with Gasteiger partial charge in [0.1, 0.15) is 12.7 Å². The van der Waals surface area contributed by atoms with E-state index in [0.717, 1.165) is 5.56 Å². The molecule has 0 aliphatic carbocycles. The van der Waals surface area contributed by atoms with E-state index >= 15 is 0 Å². The van der Waals surface area contributed by atoms with Crippen LogP contribution < -0.4 is 0 Å². The van der Waals surface area contributed by atoms with E-state index in [0.29, 0.717) is 19.3 Å². The van der Waals surface area contributed by atoms with Crippen molar-refractivity contribution in [2.75, 3.05) is 12.4 Å². The number of aryl methyl sites for hydroxylation is 1. The van der Waals surface area contributed by atoms with Crippen LogP contribution in [0.25, 0.3) is 0 Å². The van der Waals surface area contributed by atoms with Gasteiger partial charge >= 0.3 is 11.9 Å². The van der Waals surface area contributed by atoms with Gasteiger partial charge in [-0.1, -0.05) is 44.5 Å². The molecular formula is C32H52O9SSi. The second-order valence-corrected chi connectivity index (χ2v) is 20.3. The number of esters is 2. The number of hydrogen-bond acceptors (Lipinski definition) is 9. The van der Waals surface area contributed by atoms with Crippen molar-refractivity contribution in [1.82, 2.24) is 0 Å². The van der Waals surface area contributed by atoms with E-state index in [1.807, 2.05) is 13.8 Å². The van der Waals surface area contributed by atoms with Crippen LogP contribution in [0.2, 0.25) is 18.1 Å². The molecule has 11 heteroatoms. The molecule has 0 aromatic heterocycles. The Bertz CT molecular complexity index is 1200. The first-order chi connectivity index (χ1) is 19.7. The summed E-state index contributed by atoms with van der Waals surface area (Å²) < 4.78 is 54.1. The minimum Gasteiger partial charge on any atom is -0.465 e. The zero-order valence-corrected chi connectivity index (χ0v) is 29.4. The van der Waals surface area contributed by atoms with Gasteiger partial charge in [-0.2, -0.15) is 0 Å². The van der Waals surface area contributed by atoms with E-state index in [-0.39, 0.29) is 34.8 Å². The molecule has 1 aromatic carbocycles. The highest BCUT2D eigenvalue weighted by Crippen LogP contribution is 2.37. The average Bonchev–Trinajstić information content (AvgIpc) is 3.14. The Kier molecular flexibility index (Phi) is 13.2. The molecule has 1 aliphatic rings. The van der Waals surface area contributed by atoms with Gasteiger partial charge in [-0.15, -0.1) is 0 Å². The zero-order chi connectivity index (χ0) is 32.6. The Hall–Kier alpha value is -2.05. The number of carbonyl (C=O) groups is 2. The molecular weight excluding hydrogens is 588 g/mol. The summed E-state index contributed by atoms with van der Waals surface area (Å²) in [5.41, 5.74) is 0.961. The predicted molar refractivity (Wildman–Crippen MR) is 169 cm³/mol. The van der Waals surface area contributed by atoms with Crippen molar-refractivity contribution in [3.05, 3.63) is 42.0 Å². The topological polar surface area (TPSA) is 114 Å². The summed E-state index contributed by atoms with van der Waals surface area (Å²) in [6, 6.07) is 6.55. The third-order valence-corrected chi connectivity index (χ3v) is 14.1. The lowest BCUT2D eigenvalue weighted by Crippen LogP contribution is -2.43. The minimum absolute atomic E-state index is 0.00123. The van der Waals surface area contributed by atoms with Crippen molar-refractivity contribution in [3.8, 4) is 0 Å². The standard InChI is InChI=1S/C32H52O9SSi/c1-23-14-16-26(17-15-23)42(35,36)21-20-37-29(33)19-18-27-28(40-32(7,8)39-27)22-25(3)38-30(34)13-11-12-24(2)41-43(9,10)31(4,5)6/h11,13-17,24-25,27-28H,12,18-22H2,1-10H3/b13-11+/t24-,25-,27+,28+/m1/s1. The van der Waals surface area contributed by atoms with E-state index in [1.165, 1.54) is 6.08 Å². The maximum Gasteiger partial charge on any atom is 0.330 e. The molecule has 0 amide bonds. The van der Waals surface area contributed by atoms with Gasteiger partial charge < -0.3 is 23.4 Å². The lowest BCUT2D eigenvalue weighted by Gasteiger charge is -2.38. The van der Waals surface area contributed by atoms with Crippen LogP contribution in [0.4, 0.5) is 0 Å². The molecule has 1 heterocycles. The zero-order valence-electron chi connectivity index (χ0n) is 27.6. The third kappa shape index (κ3) is 12.5. The van der Waals surface area contributed by atoms with Crippen LogP contribution in [0.5, 0.6) is 0 Å². The van der Waals surface area contributed by atoms with Crippen LogP contribution in [0, 0.1) is 6.92 Å². The van der Waals surface area contributed by atoms with Crippen molar-refractivity contribution in [2.45, 2.75) is 134 Å². The smallest absolute Gasteiger partial charge is 0.330 e.